The van der Waals surface area contributed by atoms with Gasteiger partial charge in [0.1, 0.15) is 0 Å². The molecule has 1 saturated carbocycles. The van der Waals surface area contributed by atoms with E-state index in [1.54, 1.807) is 0 Å². The van der Waals surface area contributed by atoms with E-state index in [0.29, 0.717) is 5.92 Å². The van der Waals surface area contributed by atoms with Crippen LogP contribution < -0.4 is 0 Å². The molecule has 0 aromatic rings. The molecule has 1 rings (SSSR count). The number of hydrogen-bond donors (Lipinski definition) is 1. The van der Waals surface area contributed by atoms with Crippen LogP contribution in [0.25, 0.3) is 0 Å². The summed E-state index contributed by atoms with van der Waals surface area (Å²) in [6.45, 7) is 4.03. The van der Waals surface area contributed by atoms with E-state index < -0.39 is 11.4 Å². The third kappa shape index (κ3) is 2.96. The van der Waals surface area contributed by atoms with Crippen LogP contribution in [-0.4, -0.2) is 11.1 Å². The van der Waals surface area contributed by atoms with E-state index in [0.717, 1.165) is 25.7 Å². The fraction of sp³-hybridized carbons (Fsp3) is 0.923. The Morgan fingerprint density at radius 1 is 1.27 bits per heavy atom. The van der Waals surface area contributed by atoms with Crippen LogP contribution in [0.5, 0.6) is 0 Å². The molecule has 2 heteroatoms. The van der Waals surface area contributed by atoms with Crippen LogP contribution in [0.2, 0.25) is 0 Å². The van der Waals surface area contributed by atoms with E-state index >= 15 is 0 Å². The highest BCUT2D eigenvalue weighted by Crippen LogP contribution is 2.41. The number of aliphatic carboxylic acids is 1. The van der Waals surface area contributed by atoms with Gasteiger partial charge < -0.3 is 5.11 Å². The number of carboxylic acids is 1. The normalized spacial score (nSPS) is 23.1. The molecule has 0 bridgehead atoms. The zero-order chi connectivity index (χ0) is 11.3. The molecule has 0 spiro atoms. The van der Waals surface area contributed by atoms with Gasteiger partial charge in [-0.05, 0) is 32.1 Å². The molecule has 2 nitrogen and oxygen atoms in total. The minimum Gasteiger partial charge on any atom is -0.481 e. The number of rotatable bonds is 4. The van der Waals surface area contributed by atoms with Gasteiger partial charge in [-0.3, -0.25) is 4.79 Å². The van der Waals surface area contributed by atoms with E-state index in [1.165, 1.54) is 25.7 Å². The summed E-state index contributed by atoms with van der Waals surface area (Å²) in [6, 6.07) is 0. The number of carbonyl (C=O) groups is 1. The molecule has 0 amide bonds. The molecule has 1 aliphatic rings. The highest BCUT2D eigenvalue weighted by atomic mass is 16.4. The van der Waals surface area contributed by atoms with Crippen LogP contribution in [0.4, 0.5) is 0 Å². The van der Waals surface area contributed by atoms with Crippen LogP contribution in [-0.2, 0) is 4.79 Å². The van der Waals surface area contributed by atoms with E-state index in [1.807, 2.05) is 6.92 Å². The second kappa shape index (κ2) is 5.53. The molecular weight excluding hydrogens is 188 g/mol. The van der Waals surface area contributed by atoms with Gasteiger partial charge in [-0.15, -0.1) is 0 Å². The van der Waals surface area contributed by atoms with Gasteiger partial charge in [-0.2, -0.15) is 0 Å². The second-order valence-corrected chi connectivity index (χ2v) is 5.16. The summed E-state index contributed by atoms with van der Waals surface area (Å²) >= 11 is 0. The van der Waals surface area contributed by atoms with Crippen molar-refractivity contribution >= 4 is 5.97 Å². The molecule has 1 atom stereocenters. The average Bonchev–Trinajstić information content (AvgIpc) is 2.45. The van der Waals surface area contributed by atoms with E-state index in [9.17, 15) is 9.90 Å². The monoisotopic (exact) mass is 212 g/mol. The molecule has 0 radical (unpaired) electrons. The van der Waals surface area contributed by atoms with Gasteiger partial charge in [0.15, 0.2) is 0 Å². The summed E-state index contributed by atoms with van der Waals surface area (Å²) in [5, 5.41) is 9.41. The Morgan fingerprint density at radius 3 is 2.20 bits per heavy atom. The van der Waals surface area contributed by atoms with E-state index in [-0.39, 0.29) is 0 Å². The van der Waals surface area contributed by atoms with Crippen molar-refractivity contribution in [3.05, 3.63) is 0 Å². The van der Waals surface area contributed by atoms with Gasteiger partial charge >= 0.3 is 5.97 Å². The zero-order valence-corrected chi connectivity index (χ0v) is 10.1. The zero-order valence-electron chi connectivity index (χ0n) is 10.1. The van der Waals surface area contributed by atoms with Crippen LogP contribution in [0.1, 0.15) is 65.2 Å². The summed E-state index contributed by atoms with van der Waals surface area (Å²) in [5.74, 6) is -0.186. The Morgan fingerprint density at radius 2 is 1.80 bits per heavy atom. The summed E-state index contributed by atoms with van der Waals surface area (Å²) in [4.78, 5) is 11.4. The largest absolute Gasteiger partial charge is 0.481 e. The van der Waals surface area contributed by atoms with Crippen molar-refractivity contribution in [1.82, 2.24) is 0 Å². The molecule has 0 aromatic heterocycles. The van der Waals surface area contributed by atoms with Crippen LogP contribution in [0.3, 0.4) is 0 Å². The van der Waals surface area contributed by atoms with Crippen molar-refractivity contribution in [1.29, 1.82) is 0 Å². The highest BCUT2D eigenvalue weighted by molar-refractivity contribution is 5.74. The maximum absolute atomic E-state index is 11.4. The quantitative estimate of drug-likeness (QED) is 0.719. The lowest BCUT2D eigenvalue weighted by molar-refractivity contribution is -0.152. The second-order valence-electron chi connectivity index (χ2n) is 5.16. The Balaban J connectivity index is 2.72. The minimum absolute atomic E-state index is 0.400. The van der Waals surface area contributed by atoms with Crippen molar-refractivity contribution < 1.29 is 9.90 Å². The first kappa shape index (κ1) is 12.5. The van der Waals surface area contributed by atoms with Crippen molar-refractivity contribution in [3.8, 4) is 0 Å². The summed E-state index contributed by atoms with van der Waals surface area (Å²) in [6.07, 6.45) is 9.04. The Bertz CT molecular complexity index is 205. The standard InChI is InChI=1S/C13H24O2/c1-3-10-13(2,12(14)15)11-8-6-4-5-7-9-11/h11H,3-10H2,1-2H3,(H,14,15). The van der Waals surface area contributed by atoms with Gasteiger partial charge in [-0.1, -0.05) is 39.0 Å². The molecule has 15 heavy (non-hydrogen) atoms. The lowest BCUT2D eigenvalue weighted by atomic mass is 9.70. The first-order valence-electron chi connectivity index (χ1n) is 6.34. The molecule has 88 valence electrons. The maximum Gasteiger partial charge on any atom is 0.309 e. The summed E-state index contributed by atoms with van der Waals surface area (Å²) in [5.41, 5.74) is -0.473. The lowest BCUT2D eigenvalue weighted by Gasteiger charge is -2.33. The summed E-state index contributed by atoms with van der Waals surface area (Å²) in [7, 11) is 0. The van der Waals surface area contributed by atoms with Crippen molar-refractivity contribution in [2.24, 2.45) is 11.3 Å². The smallest absolute Gasteiger partial charge is 0.309 e. The lowest BCUT2D eigenvalue weighted by Crippen LogP contribution is -2.35. The Labute approximate surface area is 93.1 Å². The molecule has 1 aliphatic carbocycles. The van der Waals surface area contributed by atoms with Gasteiger partial charge in [0, 0.05) is 0 Å². The van der Waals surface area contributed by atoms with Crippen LogP contribution >= 0.6 is 0 Å². The van der Waals surface area contributed by atoms with Crippen molar-refractivity contribution in [2.45, 2.75) is 65.2 Å². The molecule has 1 unspecified atom stereocenters. The molecule has 1 fully saturated rings. The fourth-order valence-corrected chi connectivity index (χ4v) is 2.92. The molecule has 0 saturated heterocycles. The predicted octanol–water partition coefficient (Wildman–Crippen LogP) is 3.85. The molecule has 1 N–H and O–H groups in total. The van der Waals surface area contributed by atoms with E-state index in [2.05, 4.69) is 6.92 Å². The number of carboxylic acid groups (broad SMARTS) is 1. The number of hydrogen-bond acceptors (Lipinski definition) is 1. The van der Waals surface area contributed by atoms with Gasteiger partial charge in [0.05, 0.1) is 5.41 Å². The average molecular weight is 212 g/mol. The molecule has 0 heterocycles. The molecule has 0 aliphatic heterocycles. The van der Waals surface area contributed by atoms with Crippen LogP contribution in [0.15, 0.2) is 0 Å². The van der Waals surface area contributed by atoms with E-state index in [4.69, 9.17) is 0 Å². The third-order valence-electron chi connectivity index (χ3n) is 4.01. The molecule has 0 aromatic carbocycles. The highest BCUT2D eigenvalue weighted by Gasteiger charge is 2.40. The van der Waals surface area contributed by atoms with Gasteiger partial charge in [0.25, 0.3) is 0 Å². The first-order chi connectivity index (χ1) is 7.11. The minimum atomic E-state index is -0.587. The fourth-order valence-electron chi connectivity index (χ4n) is 2.92. The predicted molar refractivity (Wildman–Crippen MR) is 61.8 cm³/mol. The Kier molecular flexibility index (Phi) is 4.62. The van der Waals surface area contributed by atoms with Crippen molar-refractivity contribution in [2.75, 3.05) is 0 Å². The summed E-state index contributed by atoms with van der Waals surface area (Å²) < 4.78 is 0. The SMILES string of the molecule is CCCC(C)(C(=O)O)C1CCCCCC1. The van der Waals surface area contributed by atoms with Gasteiger partial charge in [0.2, 0.25) is 0 Å². The first-order valence-corrected chi connectivity index (χ1v) is 6.34. The third-order valence-corrected chi connectivity index (χ3v) is 4.01. The van der Waals surface area contributed by atoms with Crippen LogP contribution in [0, 0.1) is 11.3 Å². The Hall–Kier alpha value is -0.530. The van der Waals surface area contributed by atoms with Crippen molar-refractivity contribution in [3.63, 3.8) is 0 Å². The van der Waals surface area contributed by atoms with Gasteiger partial charge in [-0.25, -0.2) is 0 Å². The maximum atomic E-state index is 11.4. The topological polar surface area (TPSA) is 37.3 Å². The molecular formula is C13H24O2.